The molecule has 106 valence electrons. The monoisotopic (exact) mass is 275 g/mol. The maximum atomic E-state index is 11.7. The second-order valence-electron chi connectivity index (χ2n) is 5.90. The van der Waals surface area contributed by atoms with Crippen LogP contribution in [0.1, 0.15) is 51.4 Å². The van der Waals surface area contributed by atoms with Crippen LogP contribution >= 0.6 is 0 Å². The maximum Gasteiger partial charge on any atom is 0.154 e. The van der Waals surface area contributed by atoms with Crippen LogP contribution in [-0.4, -0.2) is 43.2 Å². The van der Waals surface area contributed by atoms with Gasteiger partial charge in [0.25, 0.3) is 0 Å². The number of nitrogens with one attached hydrogen (secondary N) is 1. The molecule has 0 spiro atoms. The molecule has 2 aliphatic rings. The molecule has 1 atom stereocenters. The van der Waals surface area contributed by atoms with Gasteiger partial charge in [-0.25, -0.2) is 8.42 Å². The van der Waals surface area contributed by atoms with Crippen molar-refractivity contribution in [3.05, 3.63) is 0 Å². The zero-order valence-electron chi connectivity index (χ0n) is 11.0. The smallest absolute Gasteiger partial charge is 0.154 e. The SMILES string of the molecule is O=S1(=O)CCCC1CNCC1(O)CCCCCC1. The molecule has 0 radical (unpaired) electrons. The maximum absolute atomic E-state index is 11.7. The Morgan fingerprint density at radius 1 is 1.11 bits per heavy atom. The van der Waals surface area contributed by atoms with E-state index in [2.05, 4.69) is 5.32 Å². The van der Waals surface area contributed by atoms with Gasteiger partial charge >= 0.3 is 0 Å². The van der Waals surface area contributed by atoms with Crippen molar-refractivity contribution in [2.45, 2.75) is 62.2 Å². The summed E-state index contributed by atoms with van der Waals surface area (Å²) in [4.78, 5) is 0. The molecule has 2 rings (SSSR count). The number of aliphatic hydroxyl groups is 1. The van der Waals surface area contributed by atoms with E-state index in [0.29, 0.717) is 18.8 Å². The molecule has 1 saturated carbocycles. The van der Waals surface area contributed by atoms with Gasteiger partial charge in [0.1, 0.15) is 0 Å². The second-order valence-corrected chi connectivity index (χ2v) is 8.30. The predicted molar refractivity (Wildman–Crippen MR) is 72.3 cm³/mol. The molecule has 0 amide bonds. The number of hydrogen-bond donors (Lipinski definition) is 2. The predicted octanol–water partition coefficient (Wildman–Crippen LogP) is 1.24. The van der Waals surface area contributed by atoms with Gasteiger partial charge < -0.3 is 10.4 Å². The summed E-state index contributed by atoms with van der Waals surface area (Å²) in [5, 5.41) is 13.4. The van der Waals surface area contributed by atoms with E-state index in [1.54, 1.807) is 0 Å². The zero-order valence-corrected chi connectivity index (χ0v) is 11.8. The minimum atomic E-state index is -2.86. The van der Waals surface area contributed by atoms with Gasteiger partial charge in [0.2, 0.25) is 0 Å². The van der Waals surface area contributed by atoms with Gasteiger partial charge in [-0.2, -0.15) is 0 Å². The highest BCUT2D eigenvalue weighted by atomic mass is 32.2. The molecule has 0 aromatic carbocycles. The van der Waals surface area contributed by atoms with Crippen molar-refractivity contribution in [1.29, 1.82) is 0 Å². The molecule has 1 aliphatic carbocycles. The van der Waals surface area contributed by atoms with Gasteiger partial charge in [0.05, 0.1) is 16.6 Å². The standard InChI is InChI=1S/C13H25NO3S/c15-13(7-3-1-2-4-8-13)11-14-10-12-6-5-9-18(12,16)17/h12,14-15H,1-11H2. The highest BCUT2D eigenvalue weighted by Gasteiger charge is 2.32. The highest BCUT2D eigenvalue weighted by Crippen LogP contribution is 2.26. The Labute approximate surface area is 110 Å². The van der Waals surface area contributed by atoms with Gasteiger partial charge in [0, 0.05) is 13.1 Å². The Balaban J connectivity index is 1.77. The number of rotatable bonds is 4. The Hall–Kier alpha value is -0.130. The van der Waals surface area contributed by atoms with Crippen LogP contribution in [0.15, 0.2) is 0 Å². The molecule has 0 bridgehead atoms. The first-order chi connectivity index (χ1) is 8.52. The third kappa shape index (κ3) is 3.68. The van der Waals surface area contributed by atoms with E-state index in [0.717, 1.165) is 38.5 Å². The Bertz CT molecular complexity index is 358. The molecule has 4 nitrogen and oxygen atoms in total. The van der Waals surface area contributed by atoms with E-state index in [4.69, 9.17) is 0 Å². The van der Waals surface area contributed by atoms with E-state index < -0.39 is 15.4 Å². The molecule has 5 heteroatoms. The summed E-state index contributed by atoms with van der Waals surface area (Å²) in [5.41, 5.74) is -0.612. The van der Waals surface area contributed by atoms with Crippen LogP contribution in [0.25, 0.3) is 0 Å². The molecule has 2 N–H and O–H groups in total. The van der Waals surface area contributed by atoms with Crippen molar-refractivity contribution in [1.82, 2.24) is 5.32 Å². The van der Waals surface area contributed by atoms with Crippen molar-refractivity contribution < 1.29 is 13.5 Å². The minimum absolute atomic E-state index is 0.230. The third-order valence-electron chi connectivity index (χ3n) is 4.32. The Morgan fingerprint density at radius 3 is 2.33 bits per heavy atom. The highest BCUT2D eigenvalue weighted by molar-refractivity contribution is 7.92. The van der Waals surface area contributed by atoms with Crippen LogP contribution in [0.5, 0.6) is 0 Å². The van der Waals surface area contributed by atoms with E-state index >= 15 is 0 Å². The van der Waals surface area contributed by atoms with Crippen LogP contribution in [0, 0.1) is 0 Å². The summed E-state index contributed by atoms with van der Waals surface area (Å²) in [7, 11) is -2.86. The van der Waals surface area contributed by atoms with E-state index in [1.807, 2.05) is 0 Å². The van der Waals surface area contributed by atoms with Crippen LogP contribution in [0.2, 0.25) is 0 Å². The summed E-state index contributed by atoms with van der Waals surface area (Å²) in [6, 6.07) is 0. The van der Waals surface area contributed by atoms with Gasteiger partial charge in [-0.15, -0.1) is 0 Å². The van der Waals surface area contributed by atoms with Crippen molar-refractivity contribution in [2.75, 3.05) is 18.8 Å². The average Bonchev–Trinajstić information content (AvgIpc) is 2.50. The summed E-state index contributed by atoms with van der Waals surface area (Å²) in [5.74, 6) is 0.337. The lowest BCUT2D eigenvalue weighted by Gasteiger charge is -2.27. The lowest BCUT2D eigenvalue weighted by Crippen LogP contribution is -2.43. The largest absolute Gasteiger partial charge is 0.389 e. The molecule has 0 aromatic rings. The third-order valence-corrected chi connectivity index (χ3v) is 6.60. The van der Waals surface area contributed by atoms with Crippen LogP contribution in [-0.2, 0) is 9.84 Å². The number of hydrogen-bond acceptors (Lipinski definition) is 4. The van der Waals surface area contributed by atoms with Gasteiger partial charge in [-0.3, -0.25) is 0 Å². The lowest BCUT2D eigenvalue weighted by atomic mass is 9.94. The molecule has 1 unspecified atom stereocenters. The first kappa shape index (κ1) is 14.3. The Morgan fingerprint density at radius 2 is 1.78 bits per heavy atom. The molecule has 1 saturated heterocycles. The zero-order chi connectivity index (χ0) is 13.1. The van der Waals surface area contributed by atoms with Gasteiger partial charge in [-0.05, 0) is 25.7 Å². The fourth-order valence-corrected chi connectivity index (χ4v) is 4.92. The molecular formula is C13H25NO3S. The van der Waals surface area contributed by atoms with Gasteiger partial charge in [0.15, 0.2) is 9.84 Å². The van der Waals surface area contributed by atoms with Crippen LogP contribution in [0.3, 0.4) is 0 Å². The van der Waals surface area contributed by atoms with Crippen LogP contribution < -0.4 is 5.32 Å². The van der Waals surface area contributed by atoms with Crippen molar-refractivity contribution in [3.8, 4) is 0 Å². The molecule has 1 aliphatic heterocycles. The van der Waals surface area contributed by atoms with E-state index in [1.165, 1.54) is 12.8 Å². The molecule has 0 aromatic heterocycles. The number of sulfone groups is 1. The summed E-state index contributed by atoms with van der Waals surface area (Å²) in [6.07, 6.45) is 7.83. The summed E-state index contributed by atoms with van der Waals surface area (Å²) in [6.45, 7) is 1.05. The topological polar surface area (TPSA) is 66.4 Å². The van der Waals surface area contributed by atoms with Crippen molar-refractivity contribution in [3.63, 3.8) is 0 Å². The average molecular weight is 275 g/mol. The summed E-state index contributed by atoms with van der Waals surface area (Å²) >= 11 is 0. The van der Waals surface area contributed by atoms with Crippen molar-refractivity contribution in [2.24, 2.45) is 0 Å². The van der Waals surface area contributed by atoms with E-state index in [-0.39, 0.29) is 5.25 Å². The molecule has 1 heterocycles. The fraction of sp³-hybridized carbons (Fsp3) is 1.00. The fourth-order valence-electron chi connectivity index (χ4n) is 3.12. The molecule has 2 fully saturated rings. The minimum Gasteiger partial charge on any atom is -0.389 e. The van der Waals surface area contributed by atoms with E-state index in [9.17, 15) is 13.5 Å². The van der Waals surface area contributed by atoms with Crippen LogP contribution in [0.4, 0.5) is 0 Å². The second kappa shape index (κ2) is 5.88. The quantitative estimate of drug-likeness (QED) is 0.758. The van der Waals surface area contributed by atoms with Crippen molar-refractivity contribution >= 4 is 9.84 Å². The normalized spacial score (nSPS) is 31.1. The Kier molecular flexibility index (Phi) is 4.67. The van der Waals surface area contributed by atoms with Gasteiger partial charge in [-0.1, -0.05) is 25.7 Å². The lowest BCUT2D eigenvalue weighted by molar-refractivity contribution is 0.0255. The first-order valence-electron chi connectivity index (χ1n) is 7.17. The first-order valence-corrected chi connectivity index (χ1v) is 8.88. The molecular weight excluding hydrogens is 250 g/mol. The summed E-state index contributed by atoms with van der Waals surface area (Å²) < 4.78 is 23.4. The molecule has 18 heavy (non-hydrogen) atoms.